The Bertz CT molecular complexity index is 845. The molecular formula is C24H27NO4. The van der Waals surface area contributed by atoms with Crippen LogP contribution in [0.4, 0.5) is 0 Å². The second-order valence-electron chi connectivity index (χ2n) is 7.42. The molecule has 0 unspecified atom stereocenters. The van der Waals surface area contributed by atoms with E-state index in [1.54, 1.807) is 4.90 Å². The van der Waals surface area contributed by atoms with Crippen LogP contribution < -0.4 is 0 Å². The summed E-state index contributed by atoms with van der Waals surface area (Å²) in [5.41, 5.74) is 2.88. The molecule has 0 N–H and O–H groups in total. The van der Waals surface area contributed by atoms with Gasteiger partial charge in [-0.25, -0.2) is 0 Å². The molecule has 0 aliphatic carbocycles. The van der Waals surface area contributed by atoms with Crippen LogP contribution in [0.2, 0.25) is 0 Å². The minimum atomic E-state index is -0.302. The normalized spacial score (nSPS) is 16.3. The van der Waals surface area contributed by atoms with Crippen molar-refractivity contribution in [2.75, 3.05) is 20.2 Å². The molecule has 29 heavy (non-hydrogen) atoms. The largest absolute Gasteiger partial charge is 0.469 e. The third-order valence-corrected chi connectivity index (χ3v) is 5.42. The number of amides is 1. The van der Waals surface area contributed by atoms with Crippen LogP contribution in [-0.2, 0) is 14.3 Å². The number of nitrogens with zero attached hydrogens (tertiary/aromatic N) is 1. The molecule has 2 aromatic carbocycles. The summed E-state index contributed by atoms with van der Waals surface area (Å²) in [6.45, 7) is 1.13. The van der Waals surface area contributed by atoms with Crippen molar-refractivity contribution in [3.8, 4) is 11.1 Å². The lowest BCUT2D eigenvalue weighted by molar-refractivity contribution is -0.141. The second kappa shape index (κ2) is 10.0. The zero-order valence-electron chi connectivity index (χ0n) is 16.8. The van der Waals surface area contributed by atoms with Gasteiger partial charge < -0.3 is 9.64 Å². The Morgan fingerprint density at radius 1 is 0.966 bits per heavy atom. The molecular weight excluding hydrogens is 366 g/mol. The average Bonchev–Trinajstić information content (AvgIpc) is 2.79. The minimum Gasteiger partial charge on any atom is -0.469 e. The Balaban J connectivity index is 1.58. The van der Waals surface area contributed by atoms with E-state index in [1.165, 1.54) is 7.11 Å². The molecule has 1 atom stereocenters. The first-order valence-electron chi connectivity index (χ1n) is 10.1. The maximum atomic E-state index is 13.0. The van der Waals surface area contributed by atoms with E-state index in [0.29, 0.717) is 31.5 Å². The maximum Gasteiger partial charge on any atom is 0.305 e. The molecule has 1 heterocycles. The number of benzene rings is 2. The monoisotopic (exact) mass is 393 g/mol. The molecule has 1 aliphatic heterocycles. The molecule has 1 aliphatic rings. The number of esters is 1. The summed E-state index contributed by atoms with van der Waals surface area (Å²) >= 11 is 0. The number of hydrogen-bond acceptors (Lipinski definition) is 4. The summed E-state index contributed by atoms with van der Waals surface area (Å²) in [7, 11) is 1.34. The van der Waals surface area contributed by atoms with Crippen molar-refractivity contribution in [1.82, 2.24) is 4.90 Å². The van der Waals surface area contributed by atoms with E-state index in [1.807, 2.05) is 54.6 Å². The van der Waals surface area contributed by atoms with Gasteiger partial charge in [-0.15, -0.1) is 0 Å². The van der Waals surface area contributed by atoms with Gasteiger partial charge >= 0.3 is 5.97 Å². The van der Waals surface area contributed by atoms with E-state index < -0.39 is 0 Å². The van der Waals surface area contributed by atoms with Gasteiger partial charge in [0, 0.05) is 37.4 Å². The van der Waals surface area contributed by atoms with Crippen LogP contribution in [0.5, 0.6) is 0 Å². The Labute approximate surface area is 171 Å². The average molecular weight is 393 g/mol. The number of hydrogen-bond donors (Lipinski definition) is 0. The van der Waals surface area contributed by atoms with Gasteiger partial charge in [-0.2, -0.15) is 0 Å². The molecule has 0 saturated carbocycles. The summed E-state index contributed by atoms with van der Waals surface area (Å²) in [6.07, 6.45) is 2.64. The van der Waals surface area contributed by atoms with Crippen LogP contribution >= 0.6 is 0 Å². The fourth-order valence-electron chi connectivity index (χ4n) is 3.76. The van der Waals surface area contributed by atoms with Crippen molar-refractivity contribution in [3.63, 3.8) is 0 Å². The summed E-state index contributed by atoms with van der Waals surface area (Å²) in [6, 6.07) is 17.8. The first-order valence-corrected chi connectivity index (χ1v) is 10.1. The van der Waals surface area contributed by atoms with Gasteiger partial charge in [0.2, 0.25) is 5.91 Å². The van der Waals surface area contributed by atoms with Crippen molar-refractivity contribution in [2.45, 2.75) is 32.1 Å². The third kappa shape index (κ3) is 5.53. The Morgan fingerprint density at radius 3 is 2.34 bits per heavy atom. The van der Waals surface area contributed by atoms with Gasteiger partial charge in [-0.3, -0.25) is 14.4 Å². The third-order valence-electron chi connectivity index (χ3n) is 5.42. The van der Waals surface area contributed by atoms with Crippen molar-refractivity contribution in [2.24, 2.45) is 5.92 Å². The van der Waals surface area contributed by atoms with Gasteiger partial charge in [0.05, 0.1) is 7.11 Å². The molecule has 0 aromatic heterocycles. The SMILES string of the molecule is COC(=O)CCCC(=O)N1CCC[C@@H](C(=O)c2ccc(-c3ccccc3)cc2)C1. The van der Waals surface area contributed by atoms with E-state index in [2.05, 4.69) is 4.74 Å². The minimum absolute atomic E-state index is 0.00540. The number of carbonyl (C=O) groups excluding carboxylic acids is 3. The molecule has 0 radical (unpaired) electrons. The van der Waals surface area contributed by atoms with Gasteiger partial charge in [-0.1, -0.05) is 54.6 Å². The number of carbonyl (C=O) groups is 3. The molecule has 0 bridgehead atoms. The van der Waals surface area contributed by atoms with E-state index >= 15 is 0 Å². The van der Waals surface area contributed by atoms with Crippen molar-refractivity contribution in [1.29, 1.82) is 0 Å². The molecule has 152 valence electrons. The van der Waals surface area contributed by atoms with Crippen LogP contribution in [0.25, 0.3) is 11.1 Å². The van der Waals surface area contributed by atoms with Crippen molar-refractivity contribution in [3.05, 3.63) is 60.2 Å². The number of piperidine rings is 1. The highest BCUT2D eigenvalue weighted by molar-refractivity contribution is 5.98. The lowest BCUT2D eigenvalue weighted by Crippen LogP contribution is -2.42. The molecule has 0 spiro atoms. The van der Waals surface area contributed by atoms with Crippen molar-refractivity contribution < 1.29 is 19.1 Å². The quantitative estimate of drug-likeness (QED) is 0.524. The zero-order valence-corrected chi connectivity index (χ0v) is 16.8. The number of Topliss-reactive ketones (excluding diaryl/α,β-unsaturated/α-hetero) is 1. The fourth-order valence-corrected chi connectivity index (χ4v) is 3.76. The smallest absolute Gasteiger partial charge is 0.305 e. The number of ether oxygens (including phenoxy) is 1. The van der Waals surface area contributed by atoms with E-state index in [4.69, 9.17) is 0 Å². The molecule has 1 saturated heterocycles. The van der Waals surface area contributed by atoms with E-state index in [-0.39, 0.29) is 30.0 Å². The van der Waals surface area contributed by atoms with Gasteiger partial charge in [-0.05, 0) is 30.4 Å². The lowest BCUT2D eigenvalue weighted by atomic mass is 9.89. The first kappa shape index (κ1) is 20.8. The number of methoxy groups -OCH3 is 1. The molecule has 1 fully saturated rings. The number of likely N-dealkylation sites (tertiary alicyclic amines) is 1. The second-order valence-corrected chi connectivity index (χ2v) is 7.42. The zero-order chi connectivity index (χ0) is 20.6. The van der Waals surface area contributed by atoms with Gasteiger partial charge in [0.1, 0.15) is 0 Å². The van der Waals surface area contributed by atoms with Crippen LogP contribution in [0.3, 0.4) is 0 Å². The van der Waals surface area contributed by atoms with E-state index in [0.717, 1.165) is 24.0 Å². The molecule has 5 heteroatoms. The van der Waals surface area contributed by atoms with Crippen LogP contribution in [0, 0.1) is 5.92 Å². The predicted octanol–water partition coefficient (Wildman–Crippen LogP) is 4.12. The van der Waals surface area contributed by atoms with E-state index in [9.17, 15) is 14.4 Å². The number of ketones is 1. The topological polar surface area (TPSA) is 63.7 Å². The Hall–Kier alpha value is -2.95. The van der Waals surface area contributed by atoms with Crippen LogP contribution in [0.1, 0.15) is 42.5 Å². The van der Waals surface area contributed by atoms with Crippen LogP contribution in [-0.4, -0.2) is 42.8 Å². The highest BCUT2D eigenvalue weighted by Gasteiger charge is 2.28. The number of rotatable bonds is 7. The summed E-state index contributed by atoms with van der Waals surface area (Å²) in [4.78, 5) is 38.4. The highest BCUT2D eigenvalue weighted by Crippen LogP contribution is 2.24. The van der Waals surface area contributed by atoms with Gasteiger partial charge in [0.15, 0.2) is 5.78 Å². The molecule has 3 rings (SSSR count). The standard InChI is InChI=1S/C24H27NO4/c1-29-23(27)11-5-10-22(26)25-16-6-9-21(17-25)24(28)20-14-12-19(13-15-20)18-7-3-2-4-8-18/h2-4,7-8,12-15,21H,5-6,9-11,16-17H2,1H3/t21-/m1/s1. The predicted molar refractivity (Wildman–Crippen MR) is 111 cm³/mol. The Morgan fingerprint density at radius 2 is 1.66 bits per heavy atom. The summed E-state index contributed by atoms with van der Waals surface area (Å²) in [5.74, 6) is -0.373. The fraction of sp³-hybridized carbons (Fsp3) is 0.375. The van der Waals surface area contributed by atoms with Crippen LogP contribution in [0.15, 0.2) is 54.6 Å². The Kier molecular flexibility index (Phi) is 7.17. The van der Waals surface area contributed by atoms with Gasteiger partial charge in [0.25, 0.3) is 0 Å². The summed E-state index contributed by atoms with van der Waals surface area (Å²) in [5, 5.41) is 0. The maximum absolute atomic E-state index is 13.0. The first-order chi connectivity index (χ1) is 14.1. The van der Waals surface area contributed by atoms with Crippen molar-refractivity contribution >= 4 is 17.7 Å². The lowest BCUT2D eigenvalue weighted by Gasteiger charge is -2.32. The molecule has 5 nitrogen and oxygen atoms in total. The molecule has 2 aromatic rings. The summed E-state index contributed by atoms with van der Waals surface area (Å²) < 4.78 is 4.60. The highest BCUT2D eigenvalue weighted by atomic mass is 16.5. The molecule has 1 amide bonds.